The molecule has 2 nitrogen and oxygen atoms in total. The number of hydrogen-bond donors (Lipinski definition) is 0. The number of nitrogens with zero attached hydrogens (tertiary/aromatic N) is 1. The molecule has 2 aromatic carbocycles. The highest BCUT2D eigenvalue weighted by molar-refractivity contribution is 9.10. The van der Waals surface area contributed by atoms with Crippen LogP contribution in [0.3, 0.4) is 0 Å². The van der Waals surface area contributed by atoms with Crippen LogP contribution in [-0.4, -0.2) is 13.0 Å². The molecule has 0 heterocycles. The predicted octanol–water partition coefficient (Wildman–Crippen LogP) is 4.38. The van der Waals surface area contributed by atoms with Gasteiger partial charge in [0.05, 0.1) is 5.56 Å². The molecule has 0 atom stereocenters. The van der Waals surface area contributed by atoms with E-state index in [0.717, 1.165) is 5.69 Å². The highest BCUT2D eigenvalue weighted by atomic mass is 79.9. The zero-order valence-corrected chi connectivity index (χ0v) is 12.1. The van der Waals surface area contributed by atoms with Crippen molar-refractivity contribution in [3.05, 3.63) is 63.6 Å². The van der Waals surface area contributed by atoms with Gasteiger partial charge in [0.2, 0.25) is 0 Å². The zero-order chi connectivity index (χ0) is 13.1. The number of rotatable bonds is 2. The van der Waals surface area contributed by atoms with Gasteiger partial charge in [-0.05, 0) is 46.3 Å². The first-order valence-corrected chi connectivity index (χ1v) is 6.55. The molecule has 0 aliphatic carbocycles. The van der Waals surface area contributed by atoms with Crippen molar-refractivity contribution in [2.75, 3.05) is 11.9 Å². The van der Waals surface area contributed by atoms with Crippen molar-refractivity contribution in [1.82, 2.24) is 0 Å². The van der Waals surface area contributed by atoms with Crippen molar-refractivity contribution in [3.8, 4) is 0 Å². The predicted molar refractivity (Wildman–Crippen MR) is 78.3 cm³/mol. The molecule has 0 unspecified atom stereocenters. The minimum absolute atomic E-state index is 0.0789. The van der Waals surface area contributed by atoms with E-state index >= 15 is 0 Å². The van der Waals surface area contributed by atoms with E-state index < -0.39 is 0 Å². The molecule has 0 aromatic heterocycles. The van der Waals surface area contributed by atoms with Gasteiger partial charge in [-0.2, -0.15) is 0 Å². The Morgan fingerprint density at radius 3 is 2.44 bits per heavy atom. The quantitative estimate of drug-likeness (QED) is 0.803. The van der Waals surface area contributed by atoms with Crippen LogP contribution in [0.5, 0.6) is 0 Å². The highest BCUT2D eigenvalue weighted by Gasteiger charge is 2.16. The summed E-state index contributed by atoms with van der Waals surface area (Å²) in [7, 11) is 1.75. The molecule has 0 saturated carbocycles. The van der Waals surface area contributed by atoms with Crippen LogP contribution in [0.4, 0.5) is 5.69 Å². The lowest BCUT2D eigenvalue weighted by molar-refractivity contribution is 0.0992. The maximum absolute atomic E-state index is 12.3. The van der Waals surface area contributed by atoms with Gasteiger partial charge in [0.15, 0.2) is 0 Å². The van der Waals surface area contributed by atoms with E-state index in [1.165, 1.54) is 0 Å². The monoisotopic (exact) mass is 323 g/mol. The fourth-order valence-electron chi connectivity index (χ4n) is 1.61. The van der Waals surface area contributed by atoms with Crippen LogP contribution >= 0.6 is 27.5 Å². The van der Waals surface area contributed by atoms with Crippen molar-refractivity contribution in [2.24, 2.45) is 0 Å². The standard InChI is InChI=1S/C14H11BrClNO/c1-17(11-5-3-2-4-6-11)14(18)12-8-7-10(16)9-13(12)15/h2-9H,1H3. The first-order chi connectivity index (χ1) is 8.59. The Hall–Kier alpha value is -1.32. The maximum Gasteiger partial charge on any atom is 0.259 e. The lowest BCUT2D eigenvalue weighted by Crippen LogP contribution is -2.26. The van der Waals surface area contributed by atoms with Crippen LogP contribution in [-0.2, 0) is 0 Å². The summed E-state index contributed by atoms with van der Waals surface area (Å²) in [5.41, 5.74) is 1.44. The third-order valence-corrected chi connectivity index (χ3v) is 3.50. The number of anilines is 1. The molecule has 18 heavy (non-hydrogen) atoms. The summed E-state index contributed by atoms with van der Waals surface area (Å²) in [6, 6.07) is 14.6. The second-order valence-corrected chi connectivity index (χ2v) is 5.11. The summed E-state index contributed by atoms with van der Waals surface area (Å²) < 4.78 is 0.697. The average molecular weight is 325 g/mol. The Morgan fingerprint density at radius 2 is 1.83 bits per heavy atom. The molecular weight excluding hydrogens is 314 g/mol. The van der Waals surface area contributed by atoms with Crippen LogP contribution < -0.4 is 4.90 Å². The minimum atomic E-state index is -0.0789. The first kappa shape index (κ1) is 13.1. The van der Waals surface area contributed by atoms with E-state index in [-0.39, 0.29) is 5.91 Å². The number of benzene rings is 2. The Morgan fingerprint density at radius 1 is 1.17 bits per heavy atom. The van der Waals surface area contributed by atoms with E-state index in [1.54, 1.807) is 30.1 Å². The van der Waals surface area contributed by atoms with Crippen molar-refractivity contribution >= 4 is 39.1 Å². The second-order valence-electron chi connectivity index (χ2n) is 3.82. The molecule has 0 bridgehead atoms. The average Bonchev–Trinajstić information content (AvgIpc) is 2.38. The molecule has 2 aromatic rings. The van der Waals surface area contributed by atoms with Crippen LogP contribution in [0.1, 0.15) is 10.4 Å². The Kier molecular flexibility index (Phi) is 4.04. The van der Waals surface area contributed by atoms with Crippen LogP contribution in [0.2, 0.25) is 5.02 Å². The SMILES string of the molecule is CN(C(=O)c1ccc(Cl)cc1Br)c1ccccc1. The third-order valence-electron chi connectivity index (χ3n) is 2.61. The maximum atomic E-state index is 12.3. The normalized spacial score (nSPS) is 10.2. The molecule has 0 aliphatic rings. The molecule has 0 saturated heterocycles. The minimum Gasteiger partial charge on any atom is -0.311 e. The van der Waals surface area contributed by atoms with Crippen molar-refractivity contribution in [3.63, 3.8) is 0 Å². The molecule has 92 valence electrons. The van der Waals surface area contributed by atoms with E-state index in [1.807, 2.05) is 30.3 Å². The van der Waals surface area contributed by atoms with Gasteiger partial charge >= 0.3 is 0 Å². The lowest BCUT2D eigenvalue weighted by Gasteiger charge is -2.18. The Bertz CT molecular complexity index is 571. The lowest BCUT2D eigenvalue weighted by atomic mass is 10.2. The molecule has 0 aliphatic heterocycles. The molecule has 0 fully saturated rings. The summed E-state index contributed by atoms with van der Waals surface area (Å²) in [6.45, 7) is 0. The van der Waals surface area contributed by atoms with Gasteiger partial charge in [-0.15, -0.1) is 0 Å². The summed E-state index contributed by atoms with van der Waals surface area (Å²) in [5, 5.41) is 0.598. The topological polar surface area (TPSA) is 20.3 Å². The van der Waals surface area contributed by atoms with Crippen LogP contribution in [0.15, 0.2) is 53.0 Å². The molecule has 1 amide bonds. The van der Waals surface area contributed by atoms with Gasteiger partial charge in [0.1, 0.15) is 0 Å². The van der Waals surface area contributed by atoms with Gasteiger partial charge in [-0.25, -0.2) is 0 Å². The van der Waals surface area contributed by atoms with Crippen LogP contribution in [0.25, 0.3) is 0 Å². The van der Waals surface area contributed by atoms with E-state index in [0.29, 0.717) is 15.1 Å². The van der Waals surface area contributed by atoms with Crippen molar-refractivity contribution < 1.29 is 4.79 Å². The summed E-state index contributed by atoms with van der Waals surface area (Å²) >= 11 is 9.22. The van der Waals surface area contributed by atoms with Gasteiger partial charge in [0.25, 0.3) is 5.91 Å². The largest absolute Gasteiger partial charge is 0.311 e. The van der Waals surface area contributed by atoms with Gasteiger partial charge in [0, 0.05) is 22.2 Å². The Balaban J connectivity index is 2.32. The molecule has 0 radical (unpaired) electrons. The smallest absolute Gasteiger partial charge is 0.259 e. The molecule has 2 rings (SSSR count). The number of hydrogen-bond acceptors (Lipinski definition) is 1. The number of para-hydroxylation sites is 1. The number of amides is 1. The fourth-order valence-corrected chi connectivity index (χ4v) is 2.46. The van der Waals surface area contributed by atoms with Gasteiger partial charge in [-0.3, -0.25) is 4.79 Å². The van der Waals surface area contributed by atoms with Crippen molar-refractivity contribution in [2.45, 2.75) is 0 Å². The molecule has 0 N–H and O–H groups in total. The second kappa shape index (κ2) is 5.55. The molecule has 0 spiro atoms. The fraction of sp³-hybridized carbons (Fsp3) is 0.0714. The van der Waals surface area contributed by atoms with Crippen LogP contribution in [0, 0.1) is 0 Å². The number of halogens is 2. The van der Waals surface area contributed by atoms with E-state index in [4.69, 9.17) is 11.6 Å². The Labute approximate surface area is 119 Å². The number of carbonyl (C=O) groups excluding carboxylic acids is 1. The highest BCUT2D eigenvalue weighted by Crippen LogP contribution is 2.24. The summed E-state index contributed by atoms with van der Waals surface area (Å²) in [4.78, 5) is 13.9. The van der Waals surface area contributed by atoms with Gasteiger partial charge in [-0.1, -0.05) is 29.8 Å². The van der Waals surface area contributed by atoms with Crippen molar-refractivity contribution in [1.29, 1.82) is 0 Å². The zero-order valence-electron chi connectivity index (χ0n) is 9.73. The van der Waals surface area contributed by atoms with E-state index in [2.05, 4.69) is 15.9 Å². The summed E-state index contributed by atoms with van der Waals surface area (Å²) in [6.07, 6.45) is 0. The first-order valence-electron chi connectivity index (χ1n) is 5.38. The molecular formula is C14H11BrClNO. The third kappa shape index (κ3) is 2.74. The number of carbonyl (C=O) groups is 1. The van der Waals surface area contributed by atoms with E-state index in [9.17, 15) is 4.79 Å². The van der Waals surface area contributed by atoms with Gasteiger partial charge < -0.3 is 4.90 Å². The summed E-state index contributed by atoms with van der Waals surface area (Å²) in [5.74, 6) is -0.0789. The molecule has 4 heteroatoms.